The lowest BCUT2D eigenvalue weighted by atomic mass is 10.2. The van der Waals surface area contributed by atoms with Crippen LogP contribution in [-0.2, 0) is 16.1 Å². The lowest BCUT2D eigenvalue weighted by Crippen LogP contribution is -2.40. The molecule has 0 radical (unpaired) electrons. The minimum atomic E-state index is -0.457. The Morgan fingerprint density at radius 3 is 2.44 bits per heavy atom. The van der Waals surface area contributed by atoms with Crippen molar-refractivity contribution >= 4 is 17.5 Å². The van der Waals surface area contributed by atoms with Crippen molar-refractivity contribution in [3.8, 4) is 0 Å². The summed E-state index contributed by atoms with van der Waals surface area (Å²) in [5.74, 6) is -0.905. The van der Waals surface area contributed by atoms with Crippen molar-refractivity contribution in [2.24, 2.45) is 5.73 Å². The fourth-order valence-corrected chi connectivity index (χ4v) is 2.55. The van der Waals surface area contributed by atoms with Crippen molar-refractivity contribution < 1.29 is 14.0 Å². The molecule has 0 unspecified atom stereocenters. The Morgan fingerprint density at radius 1 is 1.08 bits per heavy atom. The number of carbonyl (C=O) groups excluding carboxylic acids is 2. The molecule has 25 heavy (non-hydrogen) atoms. The number of nitrogens with zero attached hydrogens (tertiary/aromatic N) is 2. The molecule has 0 aliphatic heterocycles. The molecular weight excluding hydrogens is 321 g/mol. The summed E-state index contributed by atoms with van der Waals surface area (Å²) in [6.45, 7) is 0.818. The van der Waals surface area contributed by atoms with E-state index in [0.29, 0.717) is 12.2 Å². The second-order valence-corrected chi connectivity index (χ2v) is 5.90. The van der Waals surface area contributed by atoms with Crippen LogP contribution in [0.2, 0.25) is 0 Å². The quantitative estimate of drug-likeness (QED) is 0.799. The fourth-order valence-electron chi connectivity index (χ4n) is 2.55. The summed E-state index contributed by atoms with van der Waals surface area (Å²) in [5, 5.41) is 0. The van der Waals surface area contributed by atoms with Crippen LogP contribution in [-0.4, -0.2) is 36.9 Å². The molecule has 0 atom stereocenters. The Hall–Kier alpha value is -2.73. The SMILES string of the molecule is CN(CC(=O)N(CCC(N)=O)c1ccccc1)Cc1cccc(F)c1. The van der Waals surface area contributed by atoms with Gasteiger partial charge in [-0.3, -0.25) is 14.5 Å². The second-order valence-electron chi connectivity index (χ2n) is 5.90. The zero-order valence-electron chi connectivity index (χ0n) is 14.2. The van der Waals surface area contributed by atoms with Crippen molar-refractivity contribution in [2.45, 2.75) is 13.0 Å². The van der Waals surface area contributed by atoms with Gasteiger partial charge in [0.25, 0.3) is 0 Å². The number of primary amides is 1. The van der Waals surface area contributed by atoms with Gasteiger partial charge in [-0.05, 0) is 36.9 Å². The largest absolute Gasteiger partial charge is 0.370 e. The molecule has 0 saturated carbocycles. The van der Waals surface area contributed by atoms with Gasteiger partial charge < -0.3 is 10.6 Å². The molecule has 0 aliphatic carbocycles. The second kappa shape index (κ2) is 8.94. The summed E-state index contributed by atoms with van der Waals surface area (Å²) in [6.07, 6.45) is 0.0915. The van der Waals surface area contributed by atoms with Crippen LogP contribution in [0.15, 0.2) is 54.6 Å². The molecule has 2 amide bonds. The predicted molar refractivity (Wildman–Crippen MR) is 95.3 cm³/mol. The molecule has 2 aromatic carbocycles. The van der Waals surface area contributed by atoms with Gasteiger partial charge in [-0.1, -0.05) is 30.3 Å². The molecule has 0 aliphatic rings. The van der Waals surface area contributed by atoms with Gasteiger partial charge in [0.2, 0.25) is 11.8 Å². The molecule has 0 spiro atoms. The van der Waals surface area contributed by atoms with Crippen LogP contribution in [0, 0.1) is 5.82 Å². The van der Waals surface area contributed by atoms with Gasteiger partial charge in [0, 0.05) is 25.2 Å². The van der Waals surface area contributed by atoms with E-state index in [0.717, 1.165) is 5.56 Å². The third-order valence-corrected chi connectivity index (χ3v) is 3.70. The first kappa shape index (κ1) is 18.6. The van der Waals surface area contributed by atoms with E-state index in [2.05, 4.69) is 0 Å². The Morgan fingerprint density at radius 2 is 1.80 bits per heavy atom. The van der Waals surface area contributed by atoms with Crippen LogP contribution in [0.4, 0.5) is 10.1 Å². The third-order valence-electron chi connectivity index (χ3n) is 3.70. The molecule has 2 aromatic rings. The van der Waals surface area contributed by atoms with Crippen LogP contribution in [0.25, 0.3) is 0 Å². The van der Waals surface area contributed by atoms with Gasteiger partial charge in [0.05, 0.1) is 6.54 Å². The van der Waals surface area contributed by atoms with Gasteiger partial charge in [0.1, 0.15) is 5.82 Å². The topological polar surface area (TPSA) is 66.6 Å². The maximum Gasteiger partial charge on any atom is 0.241 e. The fraction of sp³-hybridized carbons (Fsp3) is 0.263. The number of hydrogen-bond donors (Lipinski definition) is 1. The Labute approximate surface area is 146 Å². The third kappa shape index (κ3) is 6.00. The van der Waals surface area contributed by atoms with Crippen LogP contribution >= 0.6 is 0 Å². The molecule has 2 rings (SSSR count). The highest BCUT2D eigenvalue weighted by Gasteiger charge is 2.18. The molecule has 5 nitrogen and oxygen atoms in total. The molecule has 2 N–H and O–H groups in total. The van der Waals surface area contributed by atoms with Crippen molar-refractivity contribution in [2.75, 3.05) is 25.0 Å². The van der Waals surface area contributed by atoms with Crippen LogP contribution in [0.5, 0.6) is 0 Å². The molecule has 0 heterocycles. The number of hydrogen-bond acceptors (Lipinski definition) is 3. The van der Waals surface area contributed by atoms with Gasteiger partial charge in [-0.15, -0.1) is 0 Å². The summed E-state index contributed by atoms with van der Waals surface area (Å²) in [6, 6.07) is 15.4. The van der Waals surface area contributed by atoms with E-state index >= 15 is 0 Å². The number of nitrogens with two attached hydrogens (primary N) is 1. The van der Waals surface area contributed by atoms with Gasteiger partial charge in [0.15, 0.2) is 0 Å². The van der Waals surface area contributed by atoms with E-state index in [1.54, 1.807) is 22.9 Å². The minimum absolute atomic E-state index is 0.0915. The lowest BCUT2D eigenvalue weighted by molar-refractivity contribution is -0.119. The van der Waals surface area contributed by atoms with Crippen LogP contribution in [0.3, 0.4) is 0 Å². The number of amides is 2. The van der Waals surface area contributed by atoms with E-state index < -0.39 is 5.91 Å². The Kier molecular flexibility index (Phi) is 6.65. The van der Waals surface area contributed by atoms with Crippen molar-refractivity contribution in [3.05, 3.63) is 66.0 Å². The lowest BCUT2D eigenvalue weighted by Gasteiger charge is -2.25. The smallest absolute Gasteiger partial charge is 0.241 e. The highest BCUT2D eigenvalue weighted by molar-refractivity contribution is 5.95. The average molecular weight is 343 g/mol. The molecule has 132 valence electrons. The number of halogens is 1. The van der Waals surface area contributed by atoms with Crippen LogP contribution in [0.1, 0.15) is 12.0 Å². The standard InChI is InChI=1S/C19H22FN3O2/c1-22(13-15-6-5-7-16(20)12-15)14-19(25)23(11-10-18(21)24)17-8-3-2-4-9-17/h2-9,12H,10-11,13-14H2,1H3,(H2,21,24). The normalized spacial score (nSPS) is 10.7. The number of anilines is 1. The van der Waals surface area contributed by atoms with E-state index in [9.17, 15) is 14.0 Å². The predicted octanol–water partition coefficient (Wildman–Crippen LogP) is 2.17. The summed E-state index contributed by atoms with van der Waals surface area (Å²) in [5.41, 5.74) is 6.72. The molecular formula is C19H22FN3O2. The van der Waals surface area contributed by atoms with E-state index in [-0.39, 0.29) is 31.2 Å². The summed E-state index contributed by atoms with van der Waals surface area (Å²) >= 11 is 0. The average Bonchev–Trinajstić information content (AvgIpc) is 2.55. The number of likely N-dealkylation sites (N-methyl/N-ethyl adjacent to an activating group) is 1. The highest BCUT2D eigenvalue weighted by Crippen LogP contribution is 2.15. The minimum Gasteiger partial charge on any atom is -0.370 e. The van der Waals surface area contributed by atoms with Crippen LogP contribution < -0.4 is 10.6 Å². The number of para-hydroxylation sites is 1. The van der Waals surface area contributed by atoms with Gasteiger partial charge in [-0.25, -0.2) is 4.39 Å². The zero-order chi connectivity index (χ0) is 18.2. The first-order chi connectivity index (χ1) is 12.0. The van der Waals surface area contributed by atoms with E-state index in [1.807, 2.05) is 36.4 Å². The van der Waals surface area contributed by atoms with Crippen molar-refractivity contribution in [3.63, 3.8) is 0 Å². The number of benzene rings is 2. The summed E-state index contributed by atoms with van der Waals surface area (Å²) in [7, 11) is 1.79. The van der Waals surface area contributed by atoms with Gasteiger partial charge >= 0.3 is 0 Å². The van der Waals surface area contributed by atoms with Gasteiger partial charge in [-0.2, -0.15) is 0 Å². The molecule has 0 saturated heterocycles. The molecule has 0 aromatic heterocycles. The molecule has 0 bridgehead atoms. The molecule has 0 fully saturated rings. The number of carbonyl (C=O) groups is 2. The van der Waals surface area contributed by atoms with Crippen molar-refractivity contribution in [1.29, 1.82) is 0 Å². The molecule has 6 heteroatoms. The highest BCUT2D eigenvalue weighted by atomic mass is 19.1. The number of rotatable bonds is 8. The first-order valence-corrected chi connectivity index (χ1v) is 8.02. The Bertz CT molecular complexity index is 722. The van der Waals surface area contributed by atoms with E-state index in [4.69, 9.17) is 5.73 Å². The Balaban J connectivity index is 2.04. The monoisotopic (exact) mass is 343 g/mol. The summed E-state index contributed by atoms with van der Waals surface area (Å²) in [4.78, 5) is 27.1. The summed E-state index contributed by atoms with van der Waals surface area (Å²) < 4.78 is 13.3. The van der Waals surface area contributed by atoms with E-state index in [1.165, 1.54) is 12.1 Å². The maximum atomic E-state index is 13.3. The maximum absolute atomic E-state index is 13.3. The zero-order valence-corrected chi connectivity index (χ0v) is 14.2. The van der Waals surface area contributed by atoms with Crippen molar-refractivity contribution in [1.82, 2.24) is 4.90 Å². The first-order valence-electron chi connectivity index (χ1n) is 8.02.